The molecule has 0 aromatic carbocycles. The Morgan fingerprint density at radius 2 is 1.83 bits per heavy atom. The number of aliphatic imine (C=N–C) groups is 1. The van der Waals surface area contributed by atoms with Gasteiger partial charge in [0.15, 0.2) is 12.5 Å². The van der Waals surface area contributed by atoms with Crippen molar-refractivity contribution in [3.05, 3.63) is 12.3 Å². The van der Waals surface area contributed by atoms with Gasteiger partial charge >= 0.3 is 15.6 Å². The molecule has 2 heterocycles. The highest BCUT2D eigenvalue weighted by Crippen LogP contribution is 2.58. The molecule has 6 atom stereocenters. The molecule has 0 spiro atoms. The second-order valence-corrected chi connectivity index (χ2v) is 7.47. The molecule has 0 aromatic rings. The smallest absolute Gasteiger partial charge is 0.385 e. The lowest BCUT2D eigenvalue weighted by molar-refractivity contribution is -0.168. The number of aliphatic hydroxyl groups is 3. The summed E-state index contributed by atoms with van der Waals surface area (Å²) in [4.78, 5) is 30.7. The molecular weight excluding hydrogens is 376 g/mol. The highest BCUT2D eigenvalue weighted by Gasteiger charge is 2.50. The van der Waals surface area contributed by atoms with Crippen LogP contribution in [0, 0.1) is 0 Å². The minimum absolute atomic E-state index is 0.0190. The van der Waals surface area contributed by atoms with Crippen LogP contribution in [0.1, 0.15) is 0 Å². The zero-order valence-electron chi connectivity index (χ0n) is 11.6. The fraction of sp³-hybridized carbons (Fsp3) is 0.625. The minimum atomic E-state index is -5.37. The first-order chi connectivity index (χ1) is 10.9. The summed E-state index contributed by atoms with van der Waals surface area (Å²) < 4.78 is 34.9. The molecule has 0 aliphatic carbocycles. The number of ether oxygens (including phenoxy) is 1. The van der Waals surface area contributed by atoms with Gasteiger partial charge in [-0.2, -0.15) is 4.31 Å². The summed E-state index contributed by atoms with van der Waals surface area (Å²) in [5.41, 5.74) is 5.36. The maximum Gasteiger partial charge on any atom is 0.483 e. The van der Waals surface area contributed by atoms with Gasteiger partial charge in [-0.25, -0.2) is 14.1 Å². The highest BCUT2D eigenvalue weighted by atomic mass is 31.3. The Hall–Kier alpha value is -0.890. The fourth-order valence-electron chi connectivity index (χ4n) is 1.95. The largest absolute Gasteiger partial charge is 0.483 e. The van der Waals surface area contributed by atoms with Crippen molar-refractivity contribution in [2.75, 3.05) is 0 Å². The second-order valence-electron chi connectivity index (χ2n) is 4.69. The Labute approximate surface area is 134 Å². The molecule has 2 aliphatic heterocycles. The van der Waals surface area contributed by atoms with Gasteiger partial charge in [-0.05, 0) is 6.08 Å². The Bertz CT molecular complexity index is 635. The number of hydrogen-bond donors (Lipinski definition) is 7. The summed E-state index contributed by atoms with van der Waals surface area (Å²) in [7, 11) is -10.7. The first-order valence-corrected chi connectivity index (χ1v) is 9.19. The fourth-order valence-corrected chi connectivity index (χ4v) is 3.61. The lowest BCUT2D eigenvalue weighted by atomic mass is 10.2. The number of hydrogen-bond acceptors (Lipinski definition) is 11. The van der Waals surface area contributed by atoms with Crippen LogP contribution in [0.4, 0.5) is 0 Å². The van der Waals surface area contributed by atoms with E-state index in [1.807, 2.05) is 0 Å². The van der Waals surface area contributed by atoms with Crippen molar-refractivity contribution in [1.82, 2.24) is 4.90 Å². The molecule has 0 saturated carbocycles. The molecule has 2 unspecified atom stereocenters. The third-order valence-corrected chi connectivity index (χ3v) is 5.03. The van der Waals surface area contributed by atoms with Crippen molar-refractivity contribution < 1.29 is 52.7 Å². The number of rotatable bonds is 5. The molecule has 0 amide bonds. The minimum Gasteiger partial charge on any atom is -0.385 e. The van der Waals surface area contributed by atoms with Crippen LogP contribution in [-0.2, 0) is 22.7 Å². The van der Waals surface area contributed by atoms with Crippen LogP contribution < -0.4 is 5.73 Å². The summed E-state index contributed by atoms with van der Waals surface area (Å²) in [5, 5.41) is 29.4. The Balaban J connectivity index is 2.09. The van der Waals surface area contributed by atoms with Crippen LogP contribution in [0.2, 0.25) is 0 Å². The Kier molecular flexibility index (Phi) is 5.49. The van der Waals surface area contributed by atoms with Gasteiger partial charge in [0.1, 0.15) is 18.0 Å². The summed E-state index contributed by atoms with van der Waals surface area (Å²) in [6, 6.07) is 0. The molecule has 0 radical (unpaired) electrons. The zero-order valence-corrected chi connectivity index (χ0v) is 13.4. The molecule has 8 N–H and O–H groups in total. The van der Waals surface area contributed by atoms with Crippen LogP contribution >= 0.6 is 15.6 Å². The van der Waals surface area contributed by atoms with Crippen LogP contribution in [0.15, 0.2) is 17.3 Å². The molecule has 14 nitrogen and oxygen atoms in total. The SMILES string of the molecule is NC1=NC(O)N([C@@H]2O[C@H](OP(=O)(O)OP(=O)(O)O)[C@H](O)[C@@H]2O)C=C1. The van der Waals surface area contributed by atoms with Crippen molar-refractivity contribution in [1.29, 1.82) is 0 Å². The number of nitrogens with two attached hydrogens (primary N) is 1. The van der Waals surface area contributed by atoms with Gasteiger partial charge < -0.3 is 45.4 Å². The molecule has 1 saturated heterocycles. The van der Waals surface area contributed by atoms with Gasteiger partial charge in [0, 0.05) is 6.20 Å². The molecule has 0 aromatic heterocycles. The summed E-state index contributed by atoms with van der Waals surface area (Å²) in [5.74, 6) is -0.0190. The Morgan fingerprint density at radius 3 is 2.38 bits per heavy atom. The van der Waals surface area contributed by atoms with E-state index < -0.39 is 46.7 Å². The van der Waals surface area contributed by atoms with E-state index in [2.05, 4.69) is 13.8 Å². The predicted octanol–water partition coefficient (Wildman–Crippen LogP) is -2.92. The number of amidine groups is 1. The summed E-state index contributed by atoms with van der Waals surface area (Å²) in [6.45, 7) is 0. The maximum absolute atomic E-state index is 11.5. The van der Waals surface area contributed by atoms with E-state index in [1.165, 1.54) is 12.3 Å². The normalized spacial score (nSPS) is 36.5. The first-order valence-electron chi connectivity index (χ1n) is 6.16. The summed E-state index contributed by atoms with van der Waals surface area (Å²) in [6.07, 6.45) is -6.25. The average molecular weight is 391 g/mol. The van der Waals surface area contributed by atoms with Gasteiger partial charge in [0.05, 0.1) is 0 Å². The summed E-state index contributed by atoms with van der Waals surface area (Å²) >= 11 is 0. The van der Waals surface area contributed by atoms with Gasteiger partial charge in [0.25, 0.3) is 0 Å². The van der Waals surface area contributed by atoms with E-state index in [4.69, 9.17) is 20.3 Å². The van der Waals surface area contributed by atoms with E-state index in [0.29, 0.717) is 0 Å². The van der Waals surface area contributed by atoms with E-state index >= 15 is 0 Å². The third kappa shape index (κ3) is 4.59. The molecule has 2 rings (SSSR count). The first kappa shape index (κ1) is 19.4. The monoisotopic (exact) mass is 391 g/mol. The number of phosphoric acid groups is 2. The van der Waals surface area contributed by atoms with Gasteiger partial charge in [-0.3, -0.25) is 4.52 Å². The average Bonchev–Trinajstić information content (AvgIpc) is 2.64. The lowest BCUT2D eigenvalue weighted by Gasteiger charge is -2.32. The van der Waals surface area contributed by atoms with E-state index in [1.54, 1.807) is 0 Å². The van der Waals surface area contributed by atoms with Crippen molar-refractivity contribution >= 4 is 21.5 Å². The molecule has 0 bridgehead atoms. The topological polar surface area (TPSA) is 225 Å². The molecule has 24 heavy (non-hydrogen) atoms. The van der Waals surface area contributed by atoms with Gasteiger partial charge in [-0.15, -0.1) is 0 Å². The van der Waals surface area contributed by atoms with Crippen LogP contribution in [-0.4, -0.2) is 71.8 Å². The van der Waals surface area contributed by atoms with E-state index in [0.717, 1.165) is 4.90 Å². The molecule has 2 aliphatic rings. The number of aliphatic hydroxyl groups excluding tert-OH is 3. The molecule has 138 valence electrons. The van der Waals surface area contributed by atoms with Gasteiger partial charge in [0.2, 0.25) is 6.35 Å². The Morgan fingerprint density at radius 1 is 1.21 bits per heavy atom. The number of phosphoric ester groups is 1. The molecular formula is C8H15N3O11P2. The van der Waals surface area contributed by atoms with Crippen molar-refractivity contribution in [3.8, 4) is 0 Å². The zero-order chi connectivity index (χ0) is 18.3. The van der Waals surface area contributed by atoms with Crippen LogP contribution in [0.25, 0.3) is 0 Å². The van der Waals surface area contributed by atoms with Crippen LogP contribution in [0.3, 0.4) is 0 Å². The molecule has 1 fully saturated rings. The quantitative estimate of drug-likeness (QED) is 0.233. The van der Waals surface area contributed by atoms with E-state index in [-0.39, 0.29) is 5.84 Å². The lowest BCUT2D eigenvalue weighted by Crippen LogP contribution is -2.47. The number of nitrogens with zero attached hydrogens (tertiary/aromatic N) is 2. The molecule has 16 heteroatoms. The standard InChI is InChI=1S/C8H15N3O11P2/c9-3-1-2-11(8(14)10-3)6-4(12)5(13)7(20-6)21-24(18,19)22-23(15,16)17/h1-2,4-8,12-14H,(H2,9,10)(H,18,19)(H2,15,16,17)/t4-,5+,6+,7+,8?/m0/s1. The second kappa shape index (κ2) is 6.78. The van der Waals surface area contributed by atoms with Crippen LogP contribution in [0.5, 0.6) is 0 Å². The predicted molar refractivity (Wildman–Crippen MR) is 73.3 cm³/mol. The van der Waals surface area contributed by atoms with Crippen molar-refractivity contribution in [2.45, 2.75) is 31.1 Å². The van der Waals surface area contributed by atoms with Gasteiger partial charge in [-0.1, -0.05) is 0 Å². The van der Waals surface area contributed by atoms with E-state index in [9.17, 15) is 29.3 Å². The highest BCUT2D eigenvalue weighted by molar-refractivity contribution is 7.60. The maximum atomic E-state index is 11.5. The third-order valence-electron chi connectivity index (χ3n) is 2.88. The van der Waals surface area contributed by atoms with Crippen molar-refractivity contribution in [3.63, 3.8) is 0 Å². The van der Waals surface area contributed by atoms with Crippen molar-refractivity contribution in [2.24, 2.45) is 10.7 Å².